The van der Waals surface area contributed by atoms with Gasteiger partial charge in [-0.1, -0.05) is 29.4 Å². The topological polar surface area (TPSA) is 98.2 Å². The van der Waals surface area contributed by atoms with Gasteiger partial charge in [-0.2, -0.15) is 13.2 Å². The summed E-state index contributed by atoms with van der Waals surface area (Å²) < 4.78 is 47.6. The number of nitrogens with zero attached hydrogens (tertiary/aromatic N) is 5. The predicted molar refractivity (Wildman–Crippen MR) is 111 cm³/mol. The van der Waals surface area contributed by atoms with E-state index in [1.165, 1.54) is 24.3 Å². The molecule has 5 aromatic rings. The number of amides is 1. The second-order valence-electron chi connectivity index (χ2n) is 7.27. The van der Waals surface area contributed by atoms with Gasteiger partial charge in [-0.15, -0.1) is 10.2 Å². The quantitative estimate of drug-likeness (QED) is 0.439. The number of fused-ring (bicyclic) bond motifs is 2. The number of benzene rings is 1. The number of rotatable bonds is 4. The average molecular weight is 452 g/mol. The molecule has 0 radical (unpaired) electrons. The van der Waals surface area contributed by atoms with Crippen molar-refractivity contribution in [2.24, 2.45) is 0 Å². The first-order valence-corrected chi connectivity index (χ1v) is 9.83. The Kier molecular flexibility index (Phi) is 4.81. The lowest BCUT2D eigenvalue weighted by molar-refractivity contribution is -0.137. The van der Waals surface area contributed by atoms with Crippen LogP contribution in [0.2, 0.25) is 0 Å². The van der Waals surface area contributed by atoms with Crippen molar-refractivity contribution in [3.8, 4) is 11.3 Å². The van der Waals surface area contributed by atoms with Gasteiger partial charge < -0.3 is 9.84 Å². The highest BCUT2D eigenvalue weighted by molar-refractivity contribution is 6.07. The molecule has 1 N–H and O–H groups in total. The molecule has 1 aromatic carbocycles. The van der Waals surface area contributed by atoms with Gasteiger partial charge in [-0.3, -0.25) is 9.20 Å². The highest BCUT2D eigenvalue weighted by atomic mass is 19.4. The van der Waals surface area contributed by atoms with E-state index in [1.54, 1.807) is 29.7 Å². The predicted octanol–water partition coefficient (Wildman–Crippen LogP) is 4.19. The molecule has 0 aliphatic rings. The molecule has 0 aliphatic heterocycles. The molecule has 0 atom stereocenters. The largest absolute Gasteiger partial charge is 0.417 e. The van der Waals surface area contributed by atoms with E-state index in [9.17, 15) is 18.0 Å². The van der Waals surface area contributed by atoms with E-state index in [-0.39, 0.29) is 29.1 Å². The smallest absolute Gasteiger partial charge is 0.345 e. The highest BCUT2D eigenvalue weighted by Crippen LogP contribution is 2.37. The van der Waals surface area contributed by atoms with Gasteiger partial charge in [-0.25, -0.2) is 4.98 Å². The molecular weight excluding hydrogens is 437 g/mol. The van der Waals surface area contributed by atoms with Gasteiger partial charge in [0.15, 0.2) is 11.5 Å². The monoisotopic (exact) mass is 452 g/mol. The second kappa shape index (κ2) is 7.69. The Morgan fingerprint density at radius 1 is 1.12 bits per heavy atom. The molecule has 5 rings (SSSR count). The molecule has 4 aromatic heterocycles. The van der Waals surface area contributed by atoms with Crippen molar-refractivity contribution in [2.45, 2.75) is 19.6 Å². The van der Waals surface area contributed by atoms with Crippen LogP contribution in [0.1, 0.15) is 27.4 Å². The van der Waals surface area contributed by atoms with Crippen LogP contribution in [0, 0.1) is 6.92 Å². The van der Waals surface area contributed by atoms with Crippen LogP contribution in [0.4, 0.5) is 13.2 Å². The fourth-order valence-electron chi connectivity index (χ4n) is 3.63. The number of hydrogen-bond donors (Lipinski definition) is 1. The van der Waals surface area contributed by atoms with Crippen LogP contribution in [0.3, 0.4) is 0 Å². The zero-order valence-corrected chi connectivity index (χ0v) is 17.1. The van der Waals surface area contributed by atoms with Crippen LogP contribution in [0.25, 0.3) is 28.0 Å². The molecule has 0 saturated carbocycles. The molecular formula is C22H15F3N6O2. The number of alkyl halides is 3. The Labute approximate surface area is 184 Å². The van der Waals surface area contributed by atoms with Crippen molar-refractivity contribution in [1.82, 2.24) is 30.1 Å². The Morgan fingerprint density at radius 2 is 1.91 bits per heavy atom. The summed E-state index contributed by atoms with van der Waals surface area (Å²) in [4.78, 5) is 17.3. The summed E-state index contributed by atoms with van der Waals surface area (Å²) in [6.07, 6.45) is -2.83. The Hall–Kier alpha value is -4.28. The van der Waals surface area contributed by atoms with Gasteiger partial charge in [-0.05, 0) is 31.2 Å². The third kappa shape index (κ3) is 3.67. The second-order valence-corrected chi connectivity index (χ2v) is 7.27. The SMILES string of the molecule is Cc1noc2nc(-c3ccccc3C(F)(F)F)cc(C(=O)NCc3nnc4ccccn34)c12. The molecule has 0 unspecified atom stereocenters. The summed E-state index contributed by atoms with van der Waals surface area (Å²) in [5.74, 6) is -0.0407. The molecule has 11 heteroatoms. The molecule has 0 bridgehead atoms. The normalized spacial score (nSPS) is 11.9. The summed E-state index contributed by atoms with van der Waals surface area (Å²) in [5, 5.41) is 15.0. The first-order chi connectivity index (χ1) is 15.8. The molecule has 166 valence electrons. The van der Waals surface area contributed by atoms with Crippen molar-refractivity contribution in [3.05, 3.63) is 77.4 Å². The number of halogens is 3. The van der Waals surface area contributed by atoms with Gasteiger partial charge in [0.05, 0.1) is 34.4 Å². The lowest BCUT2D eigenvalue weighted by atomic mass is 10.0. The van der Waals surface area contributed by atoms with Crippen molar-refractivity contribution in [1.29, 1.82) is 0 Å². The third-order valence-electron chi connectivity index (χ3n) is 5.16. The number of carbonyl (C=O) groups is 1. The summed E-state index contributed by atoms with van der Waals surface area (Å²) in [6.45, 7) is 1.67. The van der Waals surface area contributed by atoms with Crippen molar-refractivity contribution in [2.75, 3.05) is 0 Å². The van der Waals surface area contributed by atoms with Gasteiger partial charge in [0.1, 0.15) is 0 Å². The van der Waals surface area contributed by atoms with Crippen molar-refractivity contribution in [3.63, 3.8) is 0 Å². The average Bonchev–Trinajstić information content (AvgIpc) is 3.40. The van der Waals surface area contributed by atoms with E-state index in [0.717, 1.165) is 6.07 Å². The molecule has 0 spiro atoms. The maximum Gasteiger partial charge on any atom is 0.417 e. The lowest BCUT2D eigenvalue weighted by Gasteiger charge is -2.13. The summed E-state index contributed by atoms with van der Waals surface area (Å²) in [7, 11) is 0. The van der Waals surface area contributed by atoms with Crippen molar-refractivity contribution < 1.29 is 22.5 Å². The van der Waals surface area contributed by atoms with Crippen LogP contribution in [0.5, 0.6) is 0 Å². The zero-order valence-electron chi connectivity index (χ0n) is 17.1. The van der Waals surface area contributed by atoms with E-state index in [4.69, 9.17) is 4.52 Å². The standard InChI is InChI=1S/C22H15F3N6O2/c1-12-19-14(20(32)26-11-18-29-28-17-8-4-5-9-31(17)18)10-16(27-21(19)33-30-12)13-6-2-3-7-15(13)22(23,24)25/h2-10H,11H2,1H3,(H,26,32). The van der Waals surface area contributed by atoms with E-state index < -0.39 is 17.6 Å². The minimum Gasteiger partial charge on any atom is -0.345 e. The van der Waals surface area contributed by atoms with E-state index in [1.807, 2.05) is 6.07 Å². The fourth-order valence-corrected chi connectivity index (χ4v) is 3.63. The number of hydrogen-bond acceptors (Lipinski definition) is 6. The first-order valence-electron chi connectivity index (χ1n) is 9.83. The lowest BCUT2D eigenvalue weighted by Crippen LogP contribution is -2.24. The van der Waals surface area contributed by atoms with Gasteiger partial charge in [0.2, 0.25) is 0 Å². The minimum absolute atomic E-state index is 0.0277. The maximum absolute atomic E-state index is 13.6. The first kappa shape index (κ1) is 20.6. The fraction of sp³-hybridized carbons (Fsp3) is 0.136. The Balaban J connectivity index is 1.55. The van der Waals surface area contributed by atoms with Crippen LogP contribution in [-0.2, 0) is 12.7 Å². The molecule has 0 aliphatic carbocycles. The van der Waals surface area contributed by atoms with Gasteiger partial charge in [0, 0.05) is 11.8 Å². The summed E-state index contributed by atoms with van der Waals surface area (Å²) in [6, 6.07) is 11.7. The molecule has 33 heavy (non-hydrogen) atoms. The molecule has 1 amide bonds. The number of pyridine rings is 2. The van der Waals surface area contributed by atoms with Gasteiger partial charge in [0.25, 0.3) is 11.6 Å². The Bertz CT molecular complexity index is 1510. The number of carbonyl (C=O) groups excluding carboxylic acids is 1. The number of nitrogens with one attached hydrogen (secondary N) is 1. The van der Waals surface area contributed by atoms with E-state index in [0.29, 0.717) is 22.6 Å². The van der Waals surface area contributed by atoms with E-state index >= 15 is 0 Å². The third-order valence-corrected chi connectivity index (χ3v) is 5.16. The highest BCUT2D eigenvalue weighted by Gasteiger charge is 2.34. The molecule has 0 fully saturated rings. The van der Waals surface area contributed by atoms with Crippen LogP contribution in [0.15, 0.2) is 59.3 Å². The van der Waals surface area contributed by atoms with Crippen LogP contribution in [-0.4, -0.2) is 30.6 Å². The molecule has 4 heterocycles. The van der Waals surface area contributed by atoms with Crippen molar-refractivity contribution >= 4 is 22.7 Å². The molecule has 8 nitrogen and oxygen atoms in total. The Morgan fingerprint density at radius 3 is 2.73 bits per heavy atom. The molecule has 0 saturated heterocycles. The minimum atomic E-state index is -4.60. The van der Waals surface area contributed by atoms with Gasteiger partial charge >= 0.3 is 6.18 Å². The number of aromatic nitrogens is 5. The summed E-state index contributed by atoms with van der Waals surface area (Å²) in [5.41, 5.74) is -0.00251. The van der Waals surface area contributed by atoms with Crippen LogP contribution >= 0.6 is 0 Å². The maximum atomic E-state index is 13.6. The number of aryl methyl sites for hydroxylation is 1. The summed E-state index contributed by atoms with van der Waals surface area (Å²) >= 11 is 0. The van der Waals surface area contributed by atoms with E-state index in [2.05, 4.69) is 25.7 Å². The van der Waals surface area contributed by atoms with Crippen LogP contribution < -0.4 is 5.32 Å². The zero-order chi connectivity index (χ0) is 23.2.